The molecule has 0 radical (unpaired) electrons. The quantitative estimate of drug-likeness (QED) is 0.141. The summed E-state index contributed by atoms with van der Waals surface area (Å²) < 4.78 is 10.4. The average molecular weight is 405 g/mol. The number of ether oxygens (including phenoxy) is 2. The Morgan fingerprint density at radius 3 is 1.63 bits per heavy atom. The maximum Gasteiger partial charge on any atom is 0.305 e. The van der Waals surface area contributed by atoms with E-state index in [0.29, 0.717) is 32.0 Å². The van der Waals surface area contributed by atoms with E-state index in [1.165, 1.54) is 19.3 Å². The Balaban J connectivity index is 3.26. The van der Waals surface area contributed by atoms with Gasteiger partial charge in [-0.3, -0.25) is 9.59 Å². The molecule has 0 aliphatic rings. The van der Waals surface area contributed by atoms with Crippen LogP contribution in [0.4, 0.5) is 0 Å². The molecule has 0 fully saturated rings. The molecule has 0 N–H and O–H groups in total. The van der Waals surface area contributed by atoms with Crippen molar-refractivity contribution < 1.29 is 19.1 Å². The van der Waals surface area contributed by atoms with E-state index >= 15 is 0 Å². The number of hydrogen-bond donors (Lipinski definition) is 0. The molecule has 0 unspecified atom stereocenters. The summed E-state index contributed by atoms with van der Waals surface area (Å²) in [6.45, 7) is 5.15. The van der Waals surface area contributed by atoms with Crippen molar-refractivity contribution in [3.63, 3.8) is 0 Å². The second kappa shape index (κ2) is 20.0. The first-order valence-corrected chi connectivity index (χ1v) is 11.5. The average Bonchev–Trinajstić information content (AvgIpc) is 2.64. The molecule has 0 rings (SSSR count). The van der Waals surface area contributed by atoms with Crippen molar-refractivity contribution >= 4 is 23.5 Å². The maximum atomic E-state index is 11.6. The van der Waals surface area contributed by atoms with Gasteiger partial charge in [-0.05, 0) is 31.6 Å². The fraction of sp³-hybridized carbons (Fsp3) is 0.909. The van der Waals surface area contributed by atoms with Crippen LogP contribution in [0.15, 0.2) is 0 Å². The smallest absolute Gasteiger partial charge is 0.305 e. The van der Waals surface area contributed by atoms with Crippen LogP contribution in [-0.2, 0) is 19.1 Å². The molecule has 0 saturated carbocycles. The van der Waals surface area contributed by atoms with Crippen LogP contribution in [0.3, 0.4) is 0 Å². The Morgan fingerprint density at radius 1 is 0.667 bits per heavy atom. The predicted molar refractivity (Wildman–Crippen MR) is 112 cm³/mol. The Kier molecular flexibility index (Phi) is 19.4. The molecular weight excluding hydrogens is 364 g/mol. The highest BCUT2D eigenvalue weighted by Gasteiger charge is 2.05. The lowest BCUT2D eigenvalue weighted by atomic mass is 10.1. The highest BCUT2D eigenvalue weighted by molar-refractivity contribution is 6.17. The summed E-state index contributed by atoms with van der Waals surface area (Å²) in [7, 11) is 0. The molecule has 0 saturated heterocycles. The SMILES string of the molecule is CC(C)COC(=O)CCCCCCCCC(=O)OCCCCCCCCCl. The van der Waals surface area contributed by atoms with E-state index in [1.807, 2.05) is 13.8 Å². The number of alkyl halides is 1. The van der Waals surface area contributed by atoms with E-state index in [4.69, 9.17) is 21.1 Å². The van der Waals surface area contributed by atoms with Crippen LogP contribution in [0.2, 0.25) is 0 Å². The summed E-state index contributed by atoms with van der Waals surface area (Å²) in [6, 6.07) is 0. The third-order valence-electron chi connectivity index (χ3n) is 4.38. The molecule has 0 heterocycles. The maximum absolute atomic E-state index is 11.6. The lowest BCUT2D eigenvalue weighted by molar-refractivity contribution is -0.145. The highest BCUT2D eigenvalue weighted by atomic mass is 35.5. The normalized spacial score (nSPS) is 11.0. The molecule has 0 aromatic carbocycles. The van der Waals surface area contributed by atoms with E-state index < -0.39 is 0 Å². The molecule has 0 aliphatic heterocycles. The van der Waals surface area contributed by atoms with Crippen LogP contribution >= 0.6 is 11.6 Å². The summed E-state index contributed by atoms with van der Waals surface area (Å²) in [5, 5.41) is 0. The van der Waals surface area contributed by atoms with E-state index in [1.54, 1.807) is 0 Å². The van der Waals surface area contributed by atoms with Gasteiger partial charge in [0.1, 0.15) is 0 Å². The predicted octanol–water partition coefficient (Wildman–Crippen LogP) is 6.43. The van der Waals surface area contributed by atoms with Crippen LogP contribution in [0, 0.1) is 5.92 Å². The standard InChI is InChI=1S/C22H41ClO4/c1-20(2)19-27-22(25)16-12-8-4-3-7-11-15-21(24)26-18-14-10-6-5-9-13-17-23/h20H,3-19H2,1-2H3. The van der Waals surface area contributed by atoms with E-state index in [9.17, 15) is 9.59 Å². The Morgan fingerprint density at radius 2 is 1.11 bits per heavy atom. The number of rotatable bonds is 19. The number of esters is 2. The summed E-state index contributed by atoms with van der Waals surface area (Å²) in [6.07, 6.45) is 14.0. The van der Waals surface area contributed by atoms with Gasteiger partial charge in [-0.25, -0.2) is 0 Å². The van der Waals surface area contributed by atoms with Gasteiger partial charge in [-0.2, -0.15) is 0 Å². The van der Waals surface area contributed by atoms with Gasteiger partial charge in [0, 0.05) is 18.7 Å². The molecular formula is C22H41ClO4. The van der Waals surface area contributed by atoms with Crippen molar-refractivity contribution in [2.24, 2.45) is 5.92 Å². The number of hydrogen-bond acceptors (Lipinski definition) is 4. The molecule has 0 aliphatic carbocycles. The zero-order chi connectivity index (χ0) is 20.2. The van der Waals surface area contributed by atoms with E-state index in [0.717, 1.165) is 63.7 Å². The van der Waals surface area contributed by atoms with Crippen molar-refractivity contribution in [1.29, 1.82) is 0 Å². The van der Waals surface area contributed by atoms with Crippen LogP contribution in [0.25, 0.3) is 0 Å². The van der Waals surface area contributed by atoms with Gasteiger partial charge in [0.15, 0.2) is 0 Å². The van der Waals surface area contributed by atoms with Crippen LogP contribution in [-0.4, -0.2) is 31.0 Å². The molecule has 0 bridgehead atoms. The fourth-order valence-electron chi connectivity index (χ4n) is 2.74. The minimum atomic E-state index is -0.0818. The first-order valence-electron chi connectivity index (χ1n) is 10.9. The molecule has 0 spiro atoms. The minimum absolute atomic E-state index is 0.0648. The van der Waals surface area contributed by atoms with Gasteiger partial charge in [0.2, 0.25) is 0 Å². The molecule has 0 amide bonds. The zero-order valence-electron chi connectivity index (χ0n) is 17.6. The number of carbonyl (C=O) groups is 2. The van der Waals surface area contributed by atoms with Gasteiger partial charge in [-0.15, -0.1) is 11.6 Å². The Hall–Kier alpha value is -0.770. The summed E-state index contributed by atoms with van der Waals surface area (Å²) >= 11 is 5.64. The van der Waals surface area contributed by atoms with Crippen molar-refractivity contribution in [3.8, 4) is 0 Å². The van der Waals surface area contributed by atoms with Gasteiger partial charge in [-0.1, -0.05) is 65.2 Å². The molecule has 160 valence electrons. The highest BCUT2D eigenvalue weighted by Crippen LogP contribution is 2.10. The molecule has 5 heteroatoms. The summed E-state index contributed by atoms with van der Waals surface area (Å²) in [5.74, 6) is 1.00. The zero-order valence-corrected chi connectivity index (χ0v) is 18.4. The summed E-state index contributed by atoms with van der Waals surface area (Å²) in [5.41, 5.74) is 0. The number of carbonyl (C=O) groups excluding carboxylic acids is 2. The van der Waals surface area contributed by atoms with E-state index in [-0.39, 0.29) is 11.9 Å². The number of halogens is 1. The topological polar surface area (TPSA) is 52.6 Å². The van der Waals surface area contributed by atoms with Crippen molar-refractivity contribution in [1.82, 2.24) is 0 Å². The minimum Gasteiger partial charge on any atom is -0.466 e. The summed E-state index contributed by atoms with van der Waals surface area (Å²) in [4.78, 5) is 23.1. The third kappa shape index (κ3) is 21.4. The largest absolute Gasteiger partial charge is 0.466 e. The van der Waals surface area contributed by atoms with Gasteiger partial charge in [0.25, 0.3) is 0 Å². The van der Waals surface area contributed by atoms with Crippen LogP contribution < -0.4 is 0 Å². The number of unbranched alkanes of at least 4 members (excludes halogenated alkanes) is 10. The molecule has 0 atom stereocenters. The Labute approximate surface area is 171 Å². The molecule has 27 heavy (non-hydrogen) atoms. The first-order chi connectivity index (χ1) is 13.1. The van der Waals surface area contributed by atoms with Crippen LogP contribution in [0.5, 0.6) is 0 Å². The van der Waals surface area contributed by atoms with Crippen molar-refractivity contribution in [2.45, 2.75) is 104 Å². The molecule has 0 aromatic rings. The Bertz CT molecular complexity index is 358. The van der Waals surface area contributed by atoms with E-state index in [2.05, 4.69) is 0 Å². The van der Waals surface area contributed by atoms with Gasteiger partial charge in [0.05, 0.1) is 13.2 Å². The molecule has 4 nitrogen and oxygen atoms in total. The second-order valence-electron chi connectivity index (χ2n) is 7.73. The molecule has 0 aromatic heterocycles. The van der Waals surface area contributed by atoms with Crippen LogP contribution in [0.1, 0.15) is 104 Å². The second-order valence-corrected chi connectivity index (χ2v) is 8.11. The monoisotopic (exact) mass is 404 g/mol. The van der Waals surface area contributed by atoms with Crippen molar-refractivity contribution in [3.05, 3.63) is 0 Å². The van der Waals surface area contributed by atoms with Gasteiger partial charge >= 0.3 is 11.9 Å². The first kappa shape index (κ1) is 26.2. The van der Waals surface area contributed by atoms with Gasteiger partial charge < -0.3 is 9.47 Å². The van der Waals surface area contributed by atoms with Crippen molar-refractivity contribution in [2.75, 3.05) is 19.1 Å². The lowest BCUT2D eigenvalue weighted by Gasteiger charge is -2.07. The lowest BCUT2D eigenvalue weighted by Crippen LogP contribution is -2.09. The third-order valence-corrected chi connectivity index (χ3v) is 4.65. The fourth-order valence-corrected chi connectivity index (χ4v) is 2.93.